The zero-order chi connectivity index (χ0) is 19.9. The Morgan fingerprint density at radius 2 is 1.79 bits per heavy atom. The number of aromatic nitrogens is 4. The van der Waals surface area contributed by atoms with E-state index in [1.54, 1.807) is 4.52 Å². The Kier molecular flexibility index (Phi) is 4.71. The van der Waals surface area contributed by atoms with Gasteiger partial charge in [0.2, 0.25) is 5.95 Å². The highest BCUT2D eigenvalue weighted by atomic mass is 16.1. The Morgan fingerprint density at radius 3 is 2.43 bits per heavy atom. The zero-order valence-corrected chi connectivity index (χ0v) is 17.0. The zero-order valence-electron chi connectivity index (χ0n) is 17.0. The summed E-state index contributed by atoms with van der Waals surface area (Å²) in [5, 5.41) is 6.31. The number of aromatic amines is 1. The summed E-state index contributed by atoms with van der Waals surface area (Å²) in [6, 6.07) is 10.2. The summed E-state index contributed by atoms with van der Waals surface area (Å²) in [5.41, 5.74) is 2.69. The van der Waals surface area contributed by atoms with Gasteiger partial charge in [-0.1, -0.05) is 45.0 Å². The van der Waals surface area contributed by atoms with Gasteiger partial charge in [-0.15, -0.1) is 0 Å². The number of nitrogens with zero attached hydrogens (tertiary/aromatic N) is 4. The number of anilines is 1. The molecule has 0 aliphatic carbocycles. The fraction of sp³-hybridized carbons (Fsp3) is 0.476. The molecule has 148 valence electrons. The third kappa shape index (κ3) is 3.80. The SMILES string of the molecule is CN1CCC(Nc2nc(-c3ccc(C(C)(C)C)cc3)nc3cc(=O)[nH]n23)CC1. The lowest BCUT2D eigenvalue weighted by Gasteiger charge is -2.29. The summed E-state index contributed by atoms with van der Waals surface area (Å²) in [4.78, 5) is 23.6. The fourth-order valence-electron chi connectivity index (χ4n) is 3.59. The molecule has 1 aliphatic heterocycles. The van der Waals surface area contributed by atoms with Crippen LogP contribution in [0.1, 0.15) is 39.2 Å². The monoisotopic (exact) mass is 380 g/mol. The summed E-state index contributed by atoms with van der Waals surface area (Å²) in [6.45, 7) is 8.69. The Labute approximate surface area is 164 Å². The van der Waals surface area contributed by atoms with E-state index in [-0.39, 0.29) is 11.0 Å². The number of fused-ring (bicyclic) bond motifs is 1. The van der Waals surface area contributed by atoms with Crippen molar-refractivity contribution in [1.29, 1.82) is 0 Å². The lowest BCUT2D eigenvalue weighted by atomic mass is 9.87. The normalized spacial score (nSPS) is 16.6. The van der Waals surface area contributed by atoms with E-state index in [2.05, 4.69) is 72.4 Å². The molecule has 4 rings (SSSR count). The minimum atomic E-state index is -0.180. The molecule has 0 spiro atoms. The lowest BCUT2D eigenvalue weighted by Crippen LogP contribution is -2.37. The quantitative estimate of drug-likeness (QED) is 0.730. The first-order valence-electron chi connectivity index (χ1n) is 9.85. The van der Waals surface area contributed by atoms with Crippen LogP contribution in [0.25, 0.3) is 17.0 Å². The van der Waals surface area contributed by atoms with Crippen molar-refractivity contribution in [3.8, 4) is 11.4 Å². The number of hydrogen-bond donors (Lipinski definition) is 2. The summed E-state index contributed by atoms with van der Waals surface area (Å²) >= 11 is 0. The Bertz CT molecular complexity index is 1020. The van der Waals surface area contributed by atoms with Gasteiger partial charge in [0.15, 0.2) is 11.5 Å². The lowest BCUT2D eigenvalue weighted by molar-refractivity contribution is 0.263. The number of hydrogen-bond acceptors (Lipinski definition) is 5. The van der Waals surface area contributed by atoms with Crippen LogP contribution in [0.5, 0.6) is 0 Å². The standard InChI is InChI=1S/C21H28N6O/c1-21(2,3)15-7-5-14(6-8-15)19-23-17-13-18(28)25-27(17)20(24-19)22-16-9-11-26(4)12-10-16/h5-8,13,16H,9-12H2,1-4H3,(H,25,28)(H,22,23,24). The van der Waals surface area contributed by atoms with E-state index in [4.69, 9.17) is 4.98 Å². The number of H-pyrrole nitrogens is 1. The minimum absolute atomic E-state index is 0.0954. The van der Waals surface area contributed by atoms with Crippen LogP contribution in [0.4, 0.5) is 5.95 Å². The van der Waals surface area contributed by atoms with Crippen molar-refractivity contribution in [3.63, 3.8) is 0 Å². The van der Waals surface area contributed by atoms with Gasteiger partial charge in [0.25, 0.3) is 5.56 Å². The Balaban J connectivity index is 1.70. The summed E-state index contributed by atoms with van der Waals surface area (Å²) in [5.74, 6) is 1.26. The summed E-state index contributed by atoms with van der Waals surface area (Å²) in [6.07, 6.45) is 2.09. The molecule has 0 unspecified atom stereocenters. The van der Waals surface area contributed by atoms with E-state index in [0.717, 1.165) is 31.5 Å². The van der Waals surface area contributed by atoms with Crippen molar-refractivity contribution < 1.29 is 0 Å². The average Bonchev–Trinajstić information content (AvgIpc) is 3.03. The minimum Gasteiger partial charge on any atom is -0.351 e. The molecule has 7 nitrogen and oxygen atoms in total. The van der Waals surface area contributed by atoms with Gasteiger partial charge in [0.1, 0.15) is 0 Å². The Morgan fingerprint density at radius 1 is 1.11 bits per heavy atom. The van der Waals surface area contributed by atoms with Gasteiger partial charge < -0.3 is 10.2 Å². The van der Waals surface area contributed by atoms with E-state index >= 15 is 0 Å². The van der Waals surface area contributed by atoms with Crippen LogP contribution in [0.2, 0.25) is 0 Å². The second-order valence-electron chi connectivity index (χ2n) is 8.73. The van der Waals surface area contributed by atoms with E-state index in [1.165, 1.54) is 11.6 Å². The molecule has 0 bridgehead atoms. The van der Waals surface area contributed by atoms with E-state index in [0.29, 0.717) is 23.5 Å². The fourth-order valence-corrected chi connectivity index (χ4v) is 3.59. The third-order valence-electron chi connectivity index (χ3n) is 5.42. The Hall–Kier alpha value is -2.67. The maximum Gasteiger partial charge on any atom is 0.266 e. The van der Waals surface area contributed by atoms with Gasteiger partial charge in [0.05, 0.1) is 0 Å². The number of rotatable bonds is 3. The highest BCUT2D eigenvalue weighted by Crippen LogP contribution is 2.26. The molecule has 1 saturated heterocycles. The van der Waals surface area contributed by atoms with Gasteiger partial charge >= 0.3 is 0 Å². The van der Waals surface area contributed by atoms with Gasteiger partial charge in [-0.05, 0) is 44.0 Å². The molecule has 0 amide bonds. The van der Waals surface area contributed by atoms with Crippen LogP contribution in [-0.2, 0) is 5.41 Å². The smallest absolute Gasteiger partial charge is 0.266 e. The van der Waals surface area contributed by atoms with Crippen molar-refractivity contribution in [2.45, 2.75) is 45.1 Å². The molecule has 2 N–H and O–H groups in total. The number of piperidine rings is 1. The maximum atomic E-state index is 11.9. The first-order valence-corrected chi connectivity index (χ1v) is 9.85. The van der Waals surface area contributed by atoms with E-state index < -0.39 is 0 Å². The van der Waals surface area contributed by atoms with E-state index in [1.807, 2.05) is 0 Å². The molecular formula is C21H28N6O. The molecule has 3 heterocycles. The van der Waals surface area contributed by atoms with Crippen LogP contribution >= 0.6 is 0 Å². The van der Waals surface area contributed by atoms with Crippen molar-refractivity contribution in [1.82, 2.24) is 24.5 Å². The molecule has 0 saturated carbocycles. The molecule has 1 aliphatic rings. The van der Waals surface area contributed by atoms with Crippen LogP contribution in [0.15, 0.2) is 35.1 Å². The molecule has 1 aromatic carbocycles. The molecule has 0 radical (unpaired) electrons. The van der Waals surface area contributed by atoms with Crippen molar-refractivity contribution in [3.05, 3.63) is 46.2 Å². The highest BCUT2D eigenvalue weighted by Gasteiger charge is 2.20. The van der Waals surface area contributed by atoms with Gasteiger partial charge in [-0.25, -0.2) is 9.50 Å². The van der Waals surface area contributed by atoms with Crippen LogP contribution in [-0.4, -0.2) is 50.7 Å². The van der Waals surface area contributed by atoms with Crippen molar-refractivity contribution in [2.75, 3.05) is 25.5 Å². The first-order chi connectivity index (χ1) is 13.3. The maximum absolute atomic E-state index is 11.9. The molecular weight excluding hydrogens is 352 g/mol. The van der Waals surface area contributed by atoms with E-state index in [9.17, 15) is 4.79 Å². The van der Waals surface area contributed by atoms with Crippen LogP contribution in [0, 0.1) is 0 Å². The third-order valence-corrected chi connectivity index (χ3v) is 5.42. The number of benzene rings is 1. The molecule has 7 heteroatoms. The predicted octanol–water partition coefficient (Wildman–Crippen LogP) is 2.89. The molecule has 0 atom stereocenters. The van der Waals surface area contributed by atoms with Crippen LogP contribution < -0.4 is 10.9 Å². The van der Waals surface area contributed by atoms with Crippen molar-refractivity contribution in [2.24, 2.45) is 0 Å². The van der Waals surface area contributed by atoms with Gasteiger partial charge in [-0.2, -0.15) is 4.98 Å². The molecule has 3 aromatic rings. The number of nitrogens with one attached hydrogen (secondary N) is 2. The summed E-state index contributed by atoms with van der Waals surface area (Å²) in [7, 11) is 2.14. The predicted molar refractivity (Wildman–Crippen MR) is 112 cm³/mol. The summed E-state index contributed by atoms with van der Waals surface area (Å²) < 4.78 is 1.65. The van der Waals surface area contributed by atoms with Crippen LogP contribution in [0.3, 0.4) is 0 Å². The largest absolute Gasteiger partial charge is 0.351 e. The van der Waals surface area contributed by atoms with Gasteiger partial charge in [0, 0.05) is 17.7 Å². The number of likely N-dealkylation sites (tertiary alicyclic amines) is 1. The first kappa shape index (κ1) is 18.7. The molecule has 2 aromatic heterocycles. The second kappa shape index (κ2) is 7.05. The topological polar surface area (TPSA) is 78.3 Å². The highest BCUT2D eigenvalue weighted by molar-refractivity contribution is 5.60. The molecule has 28 heavy (non-hydrogen) atoms. The average molecular weight is 380 g/mol. The molecule has 1 fully saturated rings. The van der Waals surface area contributed by atoms with Crippen molar-refractivity contribution >= 4 is 11.6 Å². The van der Waals surface area contributed by atoms with Gasteiger partial charge in [-0.3, -0.25) is 9.89 Å². The second-order valence-corrected chi connectivity index (χ2v) is 8.73.